The highest BCUT2D eigenvalue weighted by molar-refractivity contribution is 9.09. The summed E-state index contributed by atoms with van der Waals surface area (Å²) >= 11 is 3.85. The summed E-state index contributed by atoms with van der Waals surface area (Å²) < 4.78 is 7.39. The number of carbonyl (C=O) groups is 1. The Morgan fingerprint density at radius 2 is 1.50 bits per heavy atom. The van der Waals surface area contributed by atoms with Gasteiger partial charge >= 0.3 is 0 Å². The van der Waals surface area contributed by atoms with Crippen molar-refractivity contribution in [2.24, 2.45) is 0 Å². The molecule has 0 aliphatic heterocycles. The van der Waals surface area contributed by atoms with Crippen LogP contribution in [0.5, 0.6) is 5.75 Å². The number of likely N-dealkylation sites (N-methyl/N-ethyl adjacent to an activating group) is 1. The molecule has 0 bridgehead atoms. The van der Waals surface area contributed by atoms with Gasteiger partial charge in [0.05, 0.1) is 25.0 Å². The lowest BCUT2D eigenvalue weighted by molar-refractivity contribution is -0.924. The first-order valence-corrected chi connectivity index (χ1v) is 14.1. The predicted molar refractivity (Wildman–Crippen MR) is 154 cm³/mol. The molecule has 0 aliphatic rings. The van der Waals surface area contributed by atoms with E-state index >= 15 is 0 Å². The molecule has 0 fully saturated rings. The van der Waals surface area contributed by atoms with E-state index in [0.29, 0.717) is 12.2 Å². The van der Waals surface area contributed by atoms with Crippen molar-refractivity contribution in [2.75, 3.05) is 32.8 Å². The third-order valence-electron chi connectivity index (χ3n) is 7.71. The minimum atomic E-state index is -0.872. The quantitative estimate of drug-likeness (QED) is 0.124. The molecule has 3 nitrogen and oxygen atoms in total. The third-order valence-corrected chi connectivity index (χ3v) is 8.40. The van der Waals surface area contributed by atoms with Crippen LogP contribution in [0.2, 0.25) is 0 Å². The van der Waals surface area contributed by atoms with E-state index in [1.165, 1.54) is 13.0 Å². The van der Waals surface area contributed by atoms with Crippen molar-refractivity contribution >= 4 is 21.7 Å². The minimum absolute atomic E-state index is 0.0827. The fourth-order valence-electron chi connectivity index (χ4n) is 5.44. The van der Waals surface area contributed by atoms with Crippen LogP contribution in [0.1, 0.15) is 61.2 Å². The summed E-state index contributed by atoms with van der Waals surface area (Å²) in [4.78, 5) is 14.1. The molecule has 0 spiro atoms. The van der Waals surface area contributed by atoms with Gasteiger partial charge in [0.2, 0.25) is 0 Å². The van der Waals surface area contributed by atoms with Crippen LogP contribution in [0, 0.1) is 6.92 Å². The Balaban J connectivity index is 1.99. The maximum atomic E-state index is 14.3. The number of alkyl halides is 1. The Bertz CT molecular complexity index is 1110. The lowest BCUT2D eigenvalue weighted by Crippen LogP contribution is -2.50. The number of quaternary nitrogens is 1. The zero-order valence-electron chi connectivity index (χ0n) is 22.5. The van der Waals surface area contributed by atoms with Crippen molar-refractivity contribution in [1.82, 2.24) is 0 Å². The van der Waals surface area contributed by atoms with E-state index < -0.39 is 5.41 Å². The maximum absolute atomic E-state index is 14.3. The molecule has 0 saturated carbocycles. The van der Waals surface area contributed by atoms with Crippen LogP contribution in [0.15, 0.2) is 78.9 Å². The standard InChI is InChI=1S/C32H41BrNO2/c1-6-21-34(7-2,8-3)22-23-36-30-20-19-29(24-25(30)4)32(26(5)33,28-17-13-10-14-18-28)31(35)27-15-11-9-12-16-27/h9-20,24,26H,6-8,21-23H2,1-5H3/q+1. The molecule has 0 saturated heterocycles. The van der Waals surface area contributed by atoms with Gasteiger partial charge in [-0.25, -0.2) is 0 Å². The van der Waals surface area contributed by atoms with Crippen molar-refractivity contribution in [3.63, 3.8) is 0 Å². The largest absolute Gasteiger partial charge is 0.487 e. The van der Waals surface area contributed by atoms with E-state index in [0.717, 1.165) is 46.6 Å². The van der Waals surface area contributed by atoms with Gasteiger partial charge in [-0.2, -0.15) is 0 Å². The number of carbonyl (C=O) groups excluding carboxylic acids is 1. The summed E-state index contributed by atoms with van der Waals surface area (Å²) in [6.07, 6.45) is 1.18. The van der Waals surface area contributed by atoms with Crippen LogP contribution in [-0.4, -0.2) is 47.9 Å². The van der Waals surface area contributed by atoms with E-state index in [9.17, 15) is 4.79 Å². The molecule has 3 rings (SSSR count). The Morgan fingerprint density at radius 3 is 2.03 bits per heavy atom. The molecular weight excluding hydrogens is 510 g/mol. The van der Waals surface area contributed by atoms with Crippen LogP contribution in [-0.2, 0) is 5.41 Å². The topological polar surface area (TPSA) is 26.3 Å². The number of hydrogen-bond acceptors (Lipinski definition) is 2. The fraction of sp³-hybridized carbons (Fsp3) is 0.406. The van der Waals surface area contributed by atoms with Gasteiger partial charge in [-0.15, -0.1) is 0 Å². The number of benzene rings is 3. The van der Waals surface area contributed by atoms with Crippen molar-refractivity contribution in [1.29, 1.82) is 0 Å². The Morgan fingerprint density at radius 1 is 0.889 bits per heavy atom. The van der Waals surface area contributed by atoms with Gasteiger partial charge in [-0.1, -0.05) is 103 Å². The number of aryl methyl sites for hydroxylation is 1. The zero-order valence-corrected chi connectivity index (χ0v) is 24.1. The lowest BCUT2D eigenvalue weighted by Gasteiger charge is -2.37. The van der Waals surface area contributed by atoms with Crippen molar-refractivity contribution < 1.29 is 14.0 Å². The molecule has 2 atom stereocenters. The second kappa shape index (κ2) is 12.7. The average molecular weight is 552 g/mol. The number of rotatable bonds is 13. The van der Waals surface area contributed by atoms with Gasteiger partial charge in [0.15, 0.2) is 5.78 Å². The number of Topliss-reactive ketones (excluding diaryl/α,β-unsaturated/α-hetero) is 1. The molecular formula is C32H41BrNO2+. The van der Waals surface area contributed by atoms with E-state index in [1.54, 1.807) is 0 Å². The zero-order chi connectivity index (χ0) is 26.2. The van der Waals surface area contributed by atoms with Crippen LogP contribution >= 0.6 is 15.9 Å². The first-order chi connectivity index (χ1) is 17.3. The average Bonchev–Trinajstić information content (AvgIpc) is 2.90. The van der Waals surface area contributed by atoms with Crippen LogP contribution < -0.4 is 4.74 Å². The van der Waals surface area contributed by atoms with E-state index in [1.807, 2.05) is 54.6 Å². The summed E-state index contributed by atoms with van der Waals surface area (Å²) in [6.45, 7) is 16.0. The third kappa shape index (κ3) is 5.76. The lowest BCUT2D eigenvalue weighted by atomic mass is 9.67. The number of ketones is 1. The number of nitrogens with zero attached hydrogens (tertiary/aromatic N) is 1. The summed E-state index contributed by atoms with van der Waals surface area (Å²) in [5.74, 6) is 0.969. The molecule has 0 radical (unpaired) electrons. The fourth-order valence-corrected chi connectivity index (χ4v) is 6.17. The highest BCUT2D eigenvalue weighted by Gasteiger charge is 2.46. The summed E-state index contributed by atoms with van der Waals surface area (Å²) in [6, 6.07) is 26.0. The monoisotopic (exact) mass is 550 g/mol. The number of hydrogen-bond donors (Lipinski definition) is 0. The molecule has 3 aromatic rings. The highest BCUT2D eigenvalue weighted by Crippen LogP contribution is 2.43. The van der Waals surface area contributed by atoms with Gasteiger partial charge in [0.1, 0.15) is 18.9 Å². The molecule has 3 aromatic carbocycles. The molecule has 2 unspecified atom stereocenters. The van der Waals surface area contributed by atoms with Gasteiger partial charge in [0.25, 0.3) is 0 Å². The molecule has 36 heavy (non-hydrogen) atoms. The van der Waals surface area contributed by atoms with Gasteiger partial charge < -0.3 is 9.22 Å². The smallest absolute Gasteiger partial charge is 0.178 e. The summed E-state index contributed by atoms with van der Waals surface area (Å²) in [5.41, 5.74) is 2.82. The van der Waals surface area contributed by atoms with Crippen LogP contribution in [0.25, 0.3) is 0 Å². The van der Waals surface area contributed by atoms with Crippen molar-refractivity contribution in [3.8, 4) is 5.75 Å². The first-order valence-electron chi connectivity index (χ1n) is 13.2. The Kier molecular flexibility index (Phi) is 9.92. The number of ether oxygens (including phenoxy) is 1. The predicted octanol–water partition coefficient (Wildman–Crippen LogP) is 7.59. The molecule has 0 N–H and O–H groups in total. The Labute approximate surface area is 226 Å². The molecule has 192 valence electrons. The second-order valence-electron chi connectivity index (χ2n) is 9.74. The molecule has 0 amide bonds. The maximum Gasteiger partial charge on any atom is 0.178 e. The van der Waals surface area contributed by atoms with Gasteiger partial charge in [-0.05, 0) is 49.9 Å². The van der Waals surface area contributed by atoms with Crippen molar-refractivity contribution in [3.05, 3.63) is 101 Å². The van der Waals surface area contributed by atoms with Gasteiger partial charge in [0, 0.05) is 10.4 Å². The van der Waals surface area contributed by atoms with Crippen LogP contribution in [0.3, 0.4) is 0 Å². The molecule has 0 aliphatic carbocycles. The van der Waals surface area contributed by atoms with E-state index in [-0.39, 0.29) is 10.6 Å². The highest BCUT2D eigenvalue weighted by atomic mass is 79.9. The summed E-state index contributed by atoms with van der Waals surface area (Å²) in [7, 11) is 0. The molecule has 0 aromatic heterocycles. The first kappa shape index (κ1) is 28.1. The molecule has 0 heterocycles. The minimum Gasteiger partial charge on any atom is -0.487 e. The SMILES string of the molecule is CCC[N+](CC)(CC)CCOc1ccc(C(C(=O)c2ccccc2)(c2ccccc2)C(C)Br)cc1C. The van der Waals surface area contributed by atoms with Crippen LogP contribution in [0.4, 0.5) is 0 Å². The second-order valence-corrected chi connectivity index (χ2v) is 11.1. The Hall–Kier alpha value is -2.43. The summed E-state index contributed by atoms with van der Waals surface area (Å²) in [5, 5.41) is 0. The number of halogens is 1. The van der Waals surface area contributed by atoms with E-state index in [4.69, 9.17) is 4.74 Å². The normalized spacial score (nSPS) is 14.2. The van der Waals surface area contributed by atoms with E-state index in [2.05, 4.69) is 74.8 Å². The van der Waals surface area contributed by atoms with Gasteiger partial charge in [-0.3, -0.25) is 4.79 Å². The molecule has 4 heteroatoms. The van der Waals surface area contributed by atoms with Crippen molar-refractivity contribution in [2.45, 2.75) is 51.3 Å².